The highest BCUT2D eigenvalue weighted by Gasteiger charge is 2.29. The topological polar surface area (TPSA) is 90.2 Å². The number of aliphatic hydroxyl groups excluding tert-OH is 2. The van der Waals surface area contributed by atoms with Crippen molar-refractivity contribution >= 4 is 24.1 Å². The molecule has 2 atom stereocenters. The number of ether oxygens (including phenoxy) is 1. The molecular formula is C20H21NO5. The molecule has 0 aliphatic carbocycles. The number of hydrogen-bond donors (Lipinski definition) is 3. The number of phenols is 1. The Bertz CT molecular complexity index is 806. The number of methoxy groups -OCH3 is 1. The molecular weight excluding hydrogens is 334 g/mol. The van der Waals surface area contributed by atoms with E-state index >= 15 is 0 Å². The summed E-state index contributed by atoms with van der Waals surface area (Å²) in [6.45, 7) is 0.830. The number of rotatable bonds is 5. The van der Waals surface area contributed by atoms with Crippen molar-refractivity contribution in [3.63, 3.8) is 0 Å². The van der Waals surface area contributed by atoms with Crippen LogP contribution in [-0.2, 0) is 0 Å². The van der Waals surface area contributed by atoms with Gasteiger partial charge in [-0.25, -0.2) is 0 Å². The number of anilines is 1. The zero-order valence-electron chi connectivity index (χ0n) is 14.4. The van der Waals surface area contributed by atoms with Crippen molar-refractivity contribution < 1.29 is 24.9 Å². The van der Waals surface area contributed by atoms with Crippen LogP contribution in [0.4, 0.5) is 5.69 Å². The quantitative estimate of drug-likeness (QED) is 0.561. The summed E-state index contributed by atoms with van der Waals surface area (Å²) in [7, 11) is 1.43. The van der Waals surface area contributed by atoms with Crippen molar-refractivity contribution in [3.05, 3.63) is 53.1 Å². The lowest BCUT2D eigenvalue weighted by Crippen LogP contribution is -2.22. The largest absolute Gasteiger partial charge is 0.504 e. The lowest BCUT2D eigenvalue weighted by Gasteiger charge is -2.17. The molecule has 3 N–H and O–H groups in total. The minimum Gasteiger partial charge on any atom is -0.504 e. The number of hydrogen-bond acceptors (Lipinski definition) is 6. The third-order valence-corrected chi connectivity index (χ3v) is 4.46. The number of aromatic hydroxyl groups is 1. The average molecular weight is 355 g/mol. The maximum absolute atomic E-state index is 11.1. The molecule has 1 aliphatic rings. The second-order valence-corrected chi connectivity index (χ2v) is 6.24. The molecule has 136 valence electrons. The summed E-state index contributed by atoms with van der Waals surface area (Å²) in [5.41, 5.74) is 2.79. The van der Waals surface area contributed by atoms with Gasteiger partial charge in [0.05, 0.1) is 24.9 Å². The molecule has 2 aromatic carbocycles. The molecule has 0 radical (unpaired) electrons. The van der Waals surface area contributed by atoms with Crippen molar-refractivity contribution in [2.45, 2.75) is 12.2 Å². The number of aliphatic hydroxyl groups is 2. The van der Waals surface area contributed by atoms with Crippen molar-refractivity contribution in [2.75, 3.05) is 25.1 Å². The Morgan fingerprint density at radius 3 is 2.23 bits per heavy atom. The molecule has 1 saturated heterocycles. The first kappa shape index (κ1) is 18.0. The first-order chi connectivity index (χ1) is 12.5. The van der Waals surface area contributed by atoms with Crippen molar-refractivity contribution in [1.82, 2.24) is 0 Å². The molecule has 0 saturated carbocycles. The molecule has 6 nitrogen and oxygen atoms in total. The van der Waals surface area contributed by atoms with Crippen molar-refractivity contribution in [3.8, 4) is 11.5 Å². The molecule has 1 fully saturated rings. The van der Waals surface area contributed by atoms with Crippen molar-refractivity contribution in [2.24, 2.45) is 0 Å². The van der Waals surface area contributed by atoms with Gasteiger partial charge in [0.1, 0.15) is 0 Å². The van der Waals surface area contributed by atoms with Crippen LogP contribution in [0.2, 0.25) is 0 Å². The lowest BCUT2D eigenvalue weighted by molar-refractivity contribution is 0.0572. The molecule has 0 amide bonds. The van der Waals surface area contributed by atoms with E-state index in [9.17, 15) is 20.1 Å². The Hall–Kier alpha value is -2.83. The highest BCUT2D eigenvalue weighted by molar-refractivity contribution is 5.84. The summed E-state index contributed by atoms with van der Waals surface area (Å²) < 4.78 is 5.08. The minimum absolute atomic E-state index is 0.168. The third kappa shape index (κ3) is 3.71. The summed E-state index contributed by atoms with van der Waals surface area (Å²) in [6.07, 6.45) is 2.87. The van der Waals surface area contributed by atoms with E-state index in [1.165, 1.54) is 7.11 Å². The van der Waals surface area contributed by atoms with Crippen LogP contribution in [0.3, 0.4) is 0 Å². The molecule has 0 spiro atoms. The zero-order valence-corrected chi connectivity index (χ0v) is 14.4. The summed E-state index contributed by atoms with van der Waals surface area (Å²) in [6, 6.07) is 11.0. The fourth-order valence-electron chi connectivity index (χ4n) is 2.96. The Labute approximate surface area is 151 Å². The summed E-state index contributed by atoms with van der Waals surface area (Å²) >= 11 is 0. The number of β-amino-alcohol motifs (C(OH)–C–C–N with tert-alkyl or cyclic N) is 2. The number of benzene rings is 2. The highest BCUT2D eigenvalue weighted by atomic mass is 16.5. The summed E-state index contributed by atoms with van der Waals surface area (Å²) in [4.78, 5) is 13.0. The smallest absolute Gasteiger partial charge is 0.168 e. The zero-order chi connectivity index (χ0) is 18.7. The van der Waals surface area contributed by atoms with Crippen LogP contribution >= 0.6 is 0 Å². The standard InChI is InChI=1S/C20H21NO5/c1-26-19-9-14(8-15(12-22)20(19)25)3-2-13-4-6-16(7-5-13)21-10-17(23)18(24)11-21/h2-9,12,17-18,23-25H,10-11H2,1H3/b3-2+. The van der Waals surface area contributed by atoms with E-state index in [-0.39, 0.29) is 17.1 Å². The number of carbonyl (C=O) groups excluding carboxylic acids is 1. The maximum atomic E-state index is 11.1. The van der Waals surface area contributed by atoms with Gasteiger partial charge in [0.2, 0.25) is 0 Å². The number of nitrogens with zero attached hydrogens (tertiary/aromatic N) is 1. The Morgan fingerprint density at radius 1 is 1.04 bits per heavy atom. The predicted molar refractivity (Wildman–Crippen MR) is 99.6 cm³/mol. The first-order valence-corrected chi connectivity index (χ1v) is 8.27. The fourth-order valence-corrected chi connectivity index (χ4v) is 2.96. The molecule has 6 heteroatoms. The Kier molecular flexibility index (Phi) is 5.25. The van der Waals surface area contributed by atoms with Crippen LogP contribution in [0, 0.1) is 0 Å². The first-order valence-electron chi connectivity index (χ1n) is 8.27. The summed E-state index contributed by atoms with van der Waals surface area (Å²) in [5, 5.41) is 29.1. The van der Waals surface area contributed by atoms with Crippen LogP contribution in [0.25, 0.3) is 12.2 Å². The molecule has 2 unspecified atom stereocenters. The normalized spacial score (nSPS) is 19.9. The average Bonchev–Trinajstić information content (AvgIpc) is 3.00. The predicted octanol–water partition coefficient (Wildman–Crippen LogP) is 1.93. The van der Waals surface area contributed by atoms with Crippen LogP contribution in [0.5, 0.6) is 11.5 Å². The van der Waals surface area contributed by atoms with E-state index < -0.39 is 12.2 Å². The number of phenolic OH excluding ortho intramolecular Hbond substituents is 1. The van der Waals surface area contributed by atoms with Gasteiger partial charge >= 0.3 is 0 Å². The highest BCUT2D eigenvalue weighted by Crippen LogP contribution is 2.31. The maximum Gasteiger partial charge on any atom is 0.168 e. The van der Waals surface area contributed by atoms with Gasteiger partial charge in [0.15, 0.2) is 17.8 Å². The van der Waals surface area contributed by atoms with E-state index in [1.54, 1.807) is 12.1 Å². The van der Waals surface area contributed by atoms with Gasteiger partial charge in [-0.2, -0.15) is 0 Å². The van der Waals surface area contributed by atoms with Gasteiger partial charge in [-0.1, -0.05) is 24.3 Å². The molecule has 1 heterocycles. The van der Waals surface area contributed by atoms with Gasteiger partial charge in [0.25, 0.3) is 0 Å². The van der Waals surface area contributed by atoms with Crippen LogP contribution < -0.4 is 9.64 Å². The Balaban J connectivity index is 1.76. The molecule has 26 heavy (non-hydrogen) atoms. The third-order valence-electron chi connectivity index (χ3n) is 4.46. The lowest BCUT2D eigenvalue weighted by atomic mass is 10.1. The van der Waals surface area contributed by atoms with Gasteiger partial charge < -0.3 is 25.0 Å². The Morgan fingerprint density at radius 2 is 1.65 bits per heavy atom. The van der Waals surface area contributed by atoms with Crippen molar-refractivity contribution in [1.29, 1.82) is 0 Å². The van der Waals surface area contributed by atoms with E-state index in [0.717, 1.165) is 16.8 Å². The number of aldehydes is 1. The van der Waals surface area contributed by atoms with Gasteiger partial charge in [-0.3, -0.25) is 4.79 Å². The molecule has 1 aliphatic heterocycles. The monoisotopic (exact) mass is 355 g/mol. The van der Waals surface area contributed by atoms with Gasteiger partial charge in [-0.15, -0.1) is 0 Å². The number of carbonyl (C=O) groups is 1. The second kappa shape index (κ2) is 7.59. The van der Waals surface area contributed by atoms with E-state index in [4.69, 9.17) is 4.74 Å². The second-order valence-electron chi connectivity index (χ2n) is 6.24. The molecule has 0 bridgehead atoms. The minimum atomic E-state index is -0.717. The molecule has 3 rings (SSSR count). The molecule has 2 aromatic rings. The SMILES string of the molecule is COc1cc(/C=C/c2ccc(N3CC(O)C(O)C3)cc2)cc(C=O)c1O. The summed E-state index contributed by atoms with van der Waals surface area (Å²) in [5.74, 6) is 0.0785. The van der Waals surface area contributed by atoms with Crippen LogP contribution in [0.1, 0.15) is 21.5 Å². The van der Waals surface area contributed by atoms with Gasteiger partial charge in [0, 0.05) is 18.8 Å². The van der Waals surface area contributed by atoms with E-state index in [1.807, 2.05) is 41.3 Å². The van der Waals surface area contributed by atoms with Gasteiger partial charge in [-0.05, 0) is 35.4 Å². The van der Waals surface area contributed by atoms with Crippen LogP contribution in [-0.4, -0.2) is 54.0 Å². The molecule has 0 aromatic heterocycles. The van der Waals surface area contributed by atoms with E-state index in [0.29, 0.717) is 19.4 Å². The van der Waals surface area contributed by atoms with Crippen LogP contribution in [0.15, 0.2) is 36.4 Å². The fraction of sp³-hybridized carbons (Fsp3) is 0.250. The van der Waals surface area contributed by atoms with E-state index in [2.05, 4.69) is 0 Å².